The number of hydrogen-bond acceptors (Lipinski definition) is 4. The standard InChI is InChI=1S/C14H16F3N3O/c1-18-8-2-3-12-19-13(21-20-12)9-10-4-6-11(7-5-10)14(15,16)17/h4-7,18H,2-3,8-9H2,1H3. The number of nitrogens with zero attached hydrogens (tertiary/aromatic N) is 2. The summed E-state index contributed by atoms with van der Waals surface area (Å²) in [6, 6.07) is 4.96. The summed E-state index contributed by atoms with van der Waals surface area (Å²) in [6.45, 7) is 0.864. The summed E-state index contributed by atoms with van der Waals surface area (Å²) in [4.78, 5) is 4.22. The molecule has 0 aliphatic heterocycles. The first kappa shape index (κ1) is 15.5. The van der Waals surface area contributed by atoms with Crippen LogP contribution in [-0.2, 0) is 19.0 Å². The van der Waals surface area contributed by atoms with Gasteiger partial charge in [-0.05, 0) is 37.7 Å². The highest BCUT2D eigenvalue weighted by Crippen LogP contribution is 2.29. The molecule has 0 bridgehead atoms. The topological polar surface area (TPSA) is 51.0 Å². The maximum absolute atomic E-state index is 12.5. The Morgan fingerprint density at radius 1 is 1.19 bits per heavy atom. The van der Waals surface area contributed by atoms with Gasteiger partial charge in [0, 0.05) is 6.42 Å². The predicted octanol–water partition coefficient (Wildman–Crippen LogP) is 2.83. The fourth-order valence-electron chi connectivity index (χ4n) is 1.87. The van der Waals surface area contributed by atoms with E-state index >= 15 is 0 Å². The van der Waals surface area contributed by atoms with Gasteiger partial charge in [-0.25, -0.2) is 0 Å². The normalized spacial score (nSPS) is 11.8. The maximum Gasteiger partial charge on any atom is 0.416 e. The SMILES string of the molecule is CNCCCc1noc(Cc2ccc(C(F)(F)F)cc2)n1. The Labute approximate surface area is 120 Å². The molecule has 1 N–H and O–H groups in total. The van der Waals surface area contributed by atoms with Gasteiger partial charge in [-0.15, -0.1) is 0 Å². The molecule has 0 amide bonds. The van der Waals surface area contributed by atoms with Crippen LogP contribution >= 0.6 is 0 Å². The Balaban J connectivity index is 1.95. The Bertz CT molecular complexity index is 564. The summed E-state index contributed by atoms with van der Waals surface area (Å²) in [5.41, 5.74) is 0.0398. The van der Waals surface area contributed by atoms with Crippen LogP contribution in [0.3, 0.4) is 0 Å². The van der Waals surface area contributed by atoms with Crippen LogP contribution < -0.4 is 5.32 Å². The van der Waals surface area contributed by atoms with E-state index < -0.39 is 11.7 Å². The van der Waals surface area contributed by atoms with E-state index in [0.29, 0.717) is 30.1 Å². The molecule has 0 radical (unpaired) electrons. The molecule has 1 heterocycles. The van der Waals surface area contributed by atoms with Crippen LogP contribution in [-0.4, -0.2) is 23.7 Å². The largest absolute Gasteiger partial charge is 0.416 e. The zero-order chi connectivity index (χ0) is 15.3. The number of hydrogen-bond donors (Lipinski definition) is 1. The lowest BCUT2D eigenvalue weighted by Crippen LogP contribution is -2.08. The van der Waals surface area contributed by atoms with Crippen LogP contribution in [0.1, 0.15) is 29.3 Å². The minimum absolute atomic E-state index is 0.331. The Hall–Kier alpha value is -1.89. The van der Waals surface area contributed by atoms with E-state index in [4.69, 9.17) is 4.52 Å². The molecule has 4 nitrogen and oxygen atoms in total. The molecule has 0 unspecified atom stereocenters. The molecule has 0 saturated heterocycles. The second-order valence-electron chi connectivity index (χ2n) is 4.68. The molecule has 0 fully saturated rings. The second-order valence-corrected chi connectivity index (χ2v) is 4.68. The number of benzene rings is 1. The minimum Gasteiger partial charge on any atom is -0.339 e. The lowest BCUT2D eigenvalue weighted by molar-refractivity contribution is -0.137. The summed E-state index contributed by atoms with van der Waals surface area (Å²) < 4.78 is 42.4. The third-order valence-electron chi connectivity index (χ3n) is 2.97. The first-order chi connectivity index (χ1) is 9.99. The Morgan fingerprint density at radius 2 is 1.90 bits per heavy atom. The van der Waals surface area contributed by atoms with Gasteiger partial charge in [0.15, 0.2) is 5.82 Å². The van der Waals surface area contributed by atoms with Gasteiger partial charge in [0.25, 0.3) is 0 Å². The Morgan fingerprint density at radius 3 is 2.52 bits per heavy atom. The van der Waals surface area contributed by atoms with Crippen molar-refractivity contribution >= 4 is 0 Å². The average Bonchev–Trinajstić information content (AvgIpc) is 2.86. The van der Waals surface area contributed by atoms with Gasteiger partial charge in [-0.1, -0.05) is 17.3 Å². The van der Waals surface area contributed by atoms with Crippen LogP contribution in [0, 0.1) is 0 Å². The first-order valence-electron chi connectivity index (χ1n) is 6.61. The summed E-state index contributed by atoms with van der Waals surface area (Å²) in [7, 11) is 1.87. The van der Waals surface area contributed by atoms with Gasteiger partial charge in [-0.3, -0.25) is 0 Å². The number of alkyl halides is 3. The fraction of sp³-hybridized carbons (Fsp3) is 0.429. The van der Waals surface area contributed by atoms with Crippen molar-refractivity contribution in [1.29, 1.82) is 0 Å². The summed E-state index contributed by atoms with van der Waals surface area (Å²) in [6.07, 6.45) is -2.38. The van der Waals surface area contributed by atoms with Gasteiger partial charge in [0.05, 0.1) is 12.0 Å². The van der Waals surface area contributed by atoms with E-state index in [0.717, 1.165) is 25.1 Å². The van der Waals surface area contributed by atoms with Crippen molar-refractivity contribution in [2.45, 2.75) is 25.4 Å². The van der Waals surface area contributed by atoms with Crippen molar-refractivity contribution in [3.8, 4) is 0 Å². The van der Waals surface area contributed by atoms with E-state index in [1.165, 1.54) is 12.1 Å². The molecule has 1 aromatic carbocycles. The molecule has 2 aromatic rings. The van der Waals surface area contributed by atoms with Crippen LogP contribution in [0.4, 0.5) is 13.2 Å². The highest BCUT2D eigenvalue weighted by atomic mass is 19.4. The van der Waals surface area contributed by atoms with E-state index in [-0.39, 0.29) is 0 Å². The van der Waals surface area contributed by atoms with Crippen LogP contribution in [0.5, 0.6) is 0 Å². The van der Waals surface area contributed by atoms with Gasteiger partial charge < -0.3 is 9.84 Å². The molecular weight excluding hydrogens is 283 g/mol. The summed E-state index contributed by atoms with van der Waals surface area (Å²) in [5.74, 6) is 1.03. The molecule has 7 heteroatoms. The monoisotopic (exact) mass is 299 g/mol. The lowest BCUT2D eigenvalue weighted by atomic mass is 10.1. The van der Waals surface area contributed by atoms with Crippen LogP contribution in [0.25, 0.3) is 0 Å². The van der Waals surface area contributed by atoms with Crippen molar-refractivity contribution in [2.75, 3.05) is 13.6 Å². The molecule has 21 heavy (non-hydrogen) atoms. The number of rotatable bonds is 6. The molecule has 0 saturated carbocycles. The van der Waals surface area contributed by atoms with Crippen molar-refractivity contribution in [2.24, 2.45) is 0 Å². The predicted molar refractivity (Wildman–Crippen MR) is 70.8 cm³/mol. The van der Waals surface area contributed by atoms with E-state index in [9.17, 15) is 13.2 Å². The number of aryl methyl sites for hydroxylation is 1. The molecule has 2 rings (SSSR count). The van der Waals surface area contributed by atoms with Crippen molar-refractivity contribution in [3.05, 3.63) is 47.1 Å². The molecule has 0 spiro atoms. The molecule has 0 atom stereocenters. The van der Waals surface area contributed by atoms with Crippen molar-refractivity contribution in [1.82, 2.24) is 15.5 Å². The highest BCUT2D eigenvalue weighted by Gasteiger charge is 2.29. The maximum atomic E-state index is 12.5. The fourth-order valence-corrected chi connectivity index (χ4v) is 1.87. The van der Waals surface area contributed by atoms with Gasteiger partial charge >= 0.3 is 6.18 Å². The lowest BCUT2D eigenvalue weighted by Gasteiger charge is -2.06. The van der Waals surface area contributed by atoms with Crippen molar-refractivity contribution < 1.29 is 17.7 Å². The van der Waals surface area contributed by atoms with E-state index in [1.54, 1.807) is 0 Å². The van der Waals surface area contributed by atoms with Gasteiger partial charge in [0.1, 0.15) is 0 Å². The third-order valence-corrected chi connectivity index (χ3v) is 2.97. The van der Waals surface area contributed by atoms with Crippen LogP contribution in [0.2, 0.25) is 0 Å². The number of nitrogens with one attached hydrogen (secondary N) is 1. The smallest absolute Gasteiger partial charge is 0.339 e. The van der Waals surface area contributed by atoms with E-state index in [1.807, 2.05) is 7.05 Å². The number of halogens is 3. The van der Waals surface area contributed by atoms with Crippen molar-refractivity contribution in [3.63, 3.8) is 0 Å². The van der Waals surface area contributed by atoms with Crippen LogP contribution in [0.15, 0.2) is 28.8 Å². The average molecular weight is 299 g/mol. The van der Waals surface area contributed by atoms with Gasteiger partial charge in [0.2, 0.25) is 5.89 Å². The molecule has 1 aromatic heterocycles. The van der Waals surface area contributed by atoms with Gasteiger partial charge in [-0.2, -0.15) is 18.2 Å². The second kappa shape index (κ2) is 6.71. The number of aromatic nitrogens is 2. The molecule has 0 aliphatic rings. The zero-order valence-electron chi connectivity index (χ0n) is 11.6. The molecule has 114 valence electrons. The zero-order valence-corrected chi connectivity index (χ0v) is 11.6. The van der Waals surface area contributed by atoms with E-state index in [2.05, 4.69) is 15.5 Å². The first-order valence-corrected chi connectivity index (χ1v) is 6.61. The molecular formula is C14H16F3N3O. The quantitative estimate of drug-likeness (QED) is 0.833. The molecule has 0 aliphatic carbocycles. The summed E-state index contributed by atoms with van der Waals surface area (Å²) >= 11 is 0. The third kappa shape index (κ3) is 4.56. The Kier molecular flexibility index (Phi) is 4.95. The minimum atomic E-state index is -4.32. The highest BCUT2D eigenvalue weighted by molar-refractivity contribution is 5.26. The summed E-state index contributed by atoms with van der Waals surface area (Å²) in [5, 5.41) is 6.87.